The molecule has 0 aromatic heterocycles. The molecule has 4 amide bonds. The molecule has 0 radical (unpaired) electrons. The lowest BCUT2D eigenvalue weighted by molar-refractivity contribution is 0.0527. The number of isothiocyanates is 1. The molecule has 8 nitrogen and oxygen atoms in total. The SMILES string of the molecule is CCCC[C@H](C)N1C(=O)c2ccc3c4c(SC#N)cc5c6c(ccc(c7c(N=C=S)cc(c2c37)C1=O)c64)C(=O)N([C@@H](C)CCCC)C5=O. The van der Waals surface area contributed by atoms with Gasteiger partial charge < -0.3 is 0 Å². The molecule has 0 saturated carbocycles. The molecule has 48 heavy (non-hydrogen) atoms. The monoisotopic (exact) mass is 672 g/mol. The first-order valence-corrected chi connectivity index (χ1v) is 17.6. The molecule has 2 aliphatic rings. The largest absolute Gasteiger partial charge is 0.272 e. The van der Waals surface area contributed by atoms with Crippen molar-refractivity contribution >= 4 is 102 Å². The summed E-state index contributed by atoms with van der Waals surface area (Å²) in [4.78, 5) is 64.1. The van der Waals surface area contributed by atoms with Gasteiger partial charge in [-0.2, -0.15) is 10.3 Å². The average Bonchev–Trinajstić information content (AvgIpc) is 3.07. The predicted molar refractivity (Wildman–Crippen MR) is 193 cm³/mol. The Balaban J connectivity index is 1.61. The van der Waals surface area contributed by atoms with Crippen molar-refractivity contribution < 1.29 is 19.2 Å². The lowest BCUT2D eigenvalue weighted by atomic mass is 9.81. The number of nitriles is 1. The second-order valence-electron chi connectivity index (χ2n) is 12.8. The third kappa shape index (κ3) is 4.42. The molecule has 0 aliphatic carbocycles. The first kappa shape index (κ1) is 31.9. The van der Waals surface area contributed by atoms with Crippen LogP contribution in [0, 0.1) is 10.7 Å². The number of carbonyl (C=O) groups excluding carboxylic acids is 4. The Bertz CT molecular complexity index is 2350. The molecule has 2 atom stereocenters. The lowest BCUT2D eigenvalue weighted by Crippen LogP contribution is -2.46. The first-order chi connectivity index (χ1) is 23.2. The number of hydrogen-bond donors (Lipinski definition) is 0. The number of thioether (sulfide) groups is 1. The Labute approximate surface area is 287 Å². The molecule has 5 aromatic carbocycles. The van der Waals surface area contributed by atoms with Gasteiger partial charge in [-0.15, -0.1) is 0 Å². The number of benzene rings is 5. The molecule has 0 bridgehead atoms. The summed E-state index contributed by atoms with van der Waals surface area (Å²) in [6, 6.07) is 9.98. The highest BCUT2D eigenvalue weighted by Gasteiger charge is 2.40. The van der Waals surface area contributed by atoms with E-state index in [4.69, 9.17) is 12.2 Å². The van der Waals surface area contributed by atoms with Crippen molar-refractivity contribution in [3.05, 3.63) is 58.7 Å². The molecule has 7 rings (SSSR count). The van der Waals surface area contributed by atoms with Crippen LogP contribution in [0.25, 0.3) is 43.1 Å². The van der Waals surface area contributed by atoms with Crippen LogP contribution in [0.4, 0.5) is 5.69 Å². The van der Waals surface area contributed by atoms with E-state index in [0.29, 0.717) is 88.8 Å². The van der Waals surface area contributed by atoms with Crippen molar-refractivity contribution in [1.29, 1.82) is 5.26 Å². The van der Waals surface area contributed by atoms with Gasteiger partial charge in [-0.1, -0.05) is 51.7 Å². The number of fused-ring (bicyclic) bond motifs is 2. The summed E-state index contributed by atoms with van der Waals surface area (Å²) < 4.78 is 0. The summed E-state index contributed by atoms with van der Waals surface area (Å²) in [5.74, 6) is -1.48. The normalized spacial score (nSPS) is 15.6. The van der Waals surface area contributed by atoms with E-state index >= 15 is 0 Å². The number of unbranched alkanes of at least 4 members (excludes halogenated alkanes) is 2. The van der Waals surface area contributed by atoms with Gasteiger partial charge in [0.1, 0.15) is 5.40 Å². The zero-order valence-corrected chi connectivity index (χ0v) is 28.7. The number of hydrogen-bond acceptors (Lipinski definition) is 8. The fourth-order valence-electron chi connectivity index (χ4n) is 7.77. The number of amides is 4. The fraction of sp³-hybridized carbons (Fsp3) is 0.316. The first-order valence-electron chi connectivity index (χ1n) is 16.4. The Kier molecular flexibility index (Phi) is 8.03. The van der Waals surface area contributed by atoms with Crippen molar-refractivity contribution in [2.24, 2.45) is 4.99 Å². The zero-order valence-electron chi connectivity index (χ0n) is 27.1. The number of aliphatic imine (C=N–C) groups is 1. The van der Waals surface area contributed by atoms with Crippen LogP contribution < -0.4 is 0 Å². The average molecular weight is 673 g/mol. The number of imide groups is 2. The fourth-order valence-corrected chi connectivity index (χ4v) is 8.46. The zero-order chi connectivity index (χ0) is 34.0. The van der Waals surface area contributed by atoms with E-state index in [-0.39, 0.29) is 29.8 Å². The molecule has 5 aromatic rings. The minimum atomic E-state index is -0.392. The molecule has 0 fully saturated rings. The molecule has 0 spiro atoms. The molecular formula is C38H32N4O4S2. The quantitative estimate of drug-likeness (QED) is 0.0276. The molecule has 240 valence electrons. The molecular weight excluding hydrogens is 641 g/mol. The van der Waals surface area contributed by atoms with Gasteiger partial charge in [-0.3, -0.25) is 29.0 Å². The van der Waals surface area contributed by atoms with E-state index in [1.807, 2.05) is 26.0 Å². The second kappa shape index (κ2) is 12.1. The predicted octanol–water partition coefficient (Wildman–Crippen LogP) is 9.39. The van der Waals surface area contributed by atoms with Gasteiger partial charge in [0.05, 0.1) is 16.4 Å². The number of thiocyanates is 1. The highest BCUT2D eigenvalue weighted by Crippen LogP contribution is 2.51. The Morgan fingerprint density at radius 2 is 1.19 bits per heavy atom. The minimum Gasteiger partial charge on any atom is -0.272 e. The number of nitrogens with zero attached hydrogens (tertiary/aromatic N) is 4. The van der Waals surface area contributed by atoms with Gasteiger partial charge in [0.25, 0.3) is 23.6 Å². The Morgan fingerprint density at radius 1 is 0.708 bits per heavy atom. The smallest absolute Gasteiger partial charge is 0.261 e. The van der Waals surface area contributed by atoms with E-state index in [1.54, 1.807) is 24.3 Å². The van der Waals surface area contributed by atoms with Crippen LogP contribution in [-0.4, -0.2) is 50.7 Å². The summed E-state index contributed by atoms with van der Waals surface area (Å²) in [5, 5.41) is 19.7. The van der Waals surface area contributed by atoms with Crippen LogP contribution in [0.2, 0.25) is 0 Å². The second-order valence-corrected chi connectivity index (χ2v) is 13.8. The summed E-state index contributed by atoms with van der Waals surface area (Å²) in [6.45, 7) is 7.93. The van der Waals surface area contributed by atoms with Gasteiger partial charge in [0, 0.05) is 66.0 Å². The van der Waals surface area contributed by atoms with Crippen LogP contribution in [0.5, 0.6) is 0 Å². The molecule has 10 heteroatoms. The highest BCUT2D eigenvalue weighted by atomic mass is 32.2. The van der Waals surface area contributed by atoms with Crippen LogP contribution >= 0.6 is 24.0 Å². The maximum Gasteiger partial charge on any atom is 0.261 e. The molecule has 0 N–H and O–H groups in total. The van der Waals surface area contributed by atoms with Gasteiger partial charge in [0.2, 0.25) is 0 Å². The minimum absolute atomic E-state index is 0.298. The van der Waals surface area contributed by atoms with E-state index < -0.39 is 5.91 Å². The van der Waals surface area contributed by atoms with Crippen LogP contribution in [0.1, 0.15) is 108 Å². The highest BCUT2D eigenvalue weighted by molar-refractivity contribution is 8.04. The third-order valence-corrected chi connectivity index (χ3v) is 10.7. The summed E-state index contributed by atoms with van der Waals surface area (Å²) >= 11 is 6.02. The third-order valence-electron chi connectivity index (χ3n) is 10.00. The van der Waals surface area contributed by atoms with E-state index in [9.17, 15) is 24.4 Å². The Hall–Kier alpha value is -4.68. The molecule has 2 heterocycles. The van der Waals surface area contributed by atoms with E-state index in [1.165, 1.54) is 9.80 Å². The summed E-state index contributed by atoms with van der Waals surface area (Å²) in [7, 11) is 0. The maximum absolute atomic E-state index is 14.2. The van der Waals surface area contributed by atoms with Crippen molar-refractivity contribution in [2.45, 2.75) is 83.2 Å². The van der Waals surface area contributed by atoms with Crippen molar-refractivity contribution in [3.63, 3.8) is 0 Å². The number of rotatable bonds is 10. The Morgan fingerprint density at radius 3 is 1.69 bits per heavy atom. The summed E-state index contributed by atoms with van der Waals surface area (Å²) in [6.07, 6.45) is 5.02. The topological polar surface area (TPSA) is 111 Å². The van der Waals surface area contributed by atoms with Crippen LogP contribution in [-0.2, 0) is 0 Å². The standard InChI is InChI=1S/C38H32N4O4S2/c1-5-7-9-19(3)41-35(43)23-14-12-22-32-28(48-17-39)16-26-30-24(36(44)42(38(26)46)20(4)10-8-6-2)13-11-21(34(30)32)31-27(40-18-47)15-25(37(41)45)29(23)33(22)31/h11-16,19-20H,5-10H2,1-4H3/t19-,20-/m0/s1. The van der Waals surface area contributed by atoms with Crippen molar-refractivity contribution in [1.82, 2.24) is 9.80 Å². The summed E-state index contributed by atoms with van der Waals surface area (Å²) in [5.41, 5.74) is 1.94. The van der Waals surface area contributed by atoms with Crippen molar-refractivity contribution in [2.75, 3.05) is 0 Å². The number of carbonyl (C=O) groups is 4. The van der Waals surface area contributed by atoms with E-state index in [0.717, 1.165) is 37.4 Å². The van der Waals surface area contributed by atoms with Gasteiger partial charge in [-0.05, 0) is 85.7 Å². The number of thiocarbonyl (C=S) groups is 1. The van der Waals surface area contributed by atoms with Gasteiger partial charge >= 0.3 is 0 Å². The lowest BCUT2D eigenvalue weighted by Gasteiger charge is -2.34. The van der Waals surface area contributed by atoms with Crippen LogP contribution in [0.3, 0.4) is 0 Å². The van der Waals surface area contributed by atoms with E-state index in [2.05, 4.69) is 29.4 Å². The molecule has 2 aliphatic heterocycles. The van der Waals surface area contributed by atoms with Gasteiger partial charge in [0.15, 0.2) is 0 Å². The van der Waals surface area contributed by atoms with Crippen LogP contribution in [0.15, 0.2) is 46.3 Å². The molecule has 0 unspecified atom stereocenters. The molecule has 0 saturated heterocycles. The van der Waals surface area contributed by atoms with Crippen molar-refractivity contribution in [3.8, 4) is 5.40 Å². The van der Waals surface area contributed by atoms with Gasteiger partial charge in [-0.25, -0.2) is 0 Å². The maximum atomic E-state index is 14.2.